The Bertz CT molecular complexity index is 371. The Kier molecular flexibility index (Phi) is 5.76. The summed E-state index contributed by atoms with van der Waals surface area (Å²) in [5, 5.41) is 3.26. The largest absolute Gasteiger partial charge is 0.377 e. The van der Waals surface area contributed by atoms with Crippen LogP contribution in [0.1, 0.15) is 12.7 Å². The smallest absolute Gasteiger partial charge is 0.158 e. The molecule has 0 saturated carbocycles. The summed E-state index contributed by atoms with van der Waals surface area (Å²) in [4.78, 5) is 10.7. The summed E-state index contributed by atoms with van der Waals surface area (Å²) in [6.45, 7) is 3.28. The van der Waals surface area contributed by atoms with Crippen LogP contribution in [0.15, 0.2) is 6.07 Å². The van der Waals surface area contributed by atoms with Crippen LogP contribution >= 0.6 is 0 Å². The molecule has 0 fully saturated rings. The molecule has 0 radical (unpaired) electrons. The van der Waals surface area contributed by atoms with Crippen LogP contribution in [-0.2, 0) is 11.3 Å². The SMILES string of the molecule is COCc1nc(NN)cc(NCC(C)N(C)C)n1. The first-order chi connectivity index (χ1) is 8.56. The molecule has 1 aromatic heterocycles. The Labute approximate surface area is 108 Å². The highest BCUT2D eigenvalue weighted by atomic mass is 16.5. The second kappa shape index (κ2) is 7.10. The molecular weight excluding hydrogens is 232 g/mol. The van der Waals surface area contributed by atoms with Crippen molar-refractivity contribution in [2.45, 2.75) is 19.6 Å². The van der Waals surface area contributed by atoms with E-state index in [1.165, 1.54) is 0 Å². The Balaban J connectivity index is 2.71. The van der Waals surface area contributed by atoms with Gasteiger partial charge >= 0.3 is 0 Å². The summed E-state index contributed by atoms with van der Waals surface area (Å²) in [5.41, 5.74) is 2.52. The number of nitrogens with two attached hydrogens (primary N) is 1. The van der Waals surface area contributed by atoms with Gasteiger partial charge in [0, 0.05) is 25.8 Å². The molecule has 0 bridgehead atoms. The van der Waals surface area contributed by atoms with E-state index >= 15 is 0 Å². The van der Waals surface area contributed by atoms with Gasteiger partial charge < -0.3 is 20.4 Å². The van der Waals surface area contributed by atoms with Gasteiger partial charge in [0.15, 0.2) is 5.82 Å². The highest BCUT2D eigenvalue weighted by Gasteiger charge is 2.07. The number of hydrogen-bond acceptors (Lipinski definition) is 7. The van der Waals surface area contributed by atoms with E-state index in [0.29, 0.717) is 24.3 Å². The average Bonchev–Trinajstić information content (AvgIpc) is 2.35. The van der Waals surface area contributed by atoms with E-state index in [-0.39, 0.29) is 0 Å². The van der Waals surface area contributed by atoms with Crippen molar-refractivity contribution < 1.29 is 4.74 Å². The highest BCUT2D eigenvalue weighted by Crippen LogP contribution is 2.11. The fourth-order valence-corrected chi connectivity index (χ4v) is 1.29. The van der Waals surface area contributed by atoms with Crippen LogP contribution in [0.5, 0.6) is 0 Å². The van der Waals surface area contributed by atoms with E-state index in [1.54, 1.807) is 13.2 Å². The number of nitrogen functional groups attached to an aromatic ring is 1. The molecule has 1 heterocycles. The third kappa shape index (κ3) is 4.44. The van der Waals surface area contributed by atoms with Crippen molar-refractivity contribution in [3.8, 4) is 0 Å². The second-order valence-electron chi connectivity index (χ2n) is 4.33. The minimum atomic E-state index is 0.355. The van der Waals surface area contributed by atoms with Gasteiger partial charge in [0.25, 0.3) is 0 Å². The number of hydrogen-bond donors (Lipinski definition) is 3. The lowest BCUT2D eigenvalue weighted by molar-refractivity contribution is 0.178. The fourth-order valence-electron chi connectivity index (χ4n) is 1.29. The molecular formula is C11H22N6O. The standard InChI is InChI=1S/C11H22N6O/c1-8(17(2)3)6-13-9-5-10(16-12)15-11(14-9)7-18-4/h5,8H,6-7,12H2,1-4H3,(H2,13,14,15,16). The molecule has 1 aromatic rings. The average molecular weight is 254 g/mol. The van der Waals surface area contributed by atoms with Crippen LogP contribution in [0.2, 0.25) is 0 Å². The van der Waals surface area contributed by atoms with Crippen LogP contribution in [0.3, 0.4) is 0 Å². The van der Waals surface area contributed by atoms with Crippen molar-refractivity contribution in [3.05, 3.63) is 11.9 Å². The zero-order chi connectivity index (χ0) is 13.5. The van der Waals surface area contributed by atoms with Gasteiger partial charge in [-0.1, -0.05) is 0 Å². The molecule has 102 valence electrons. The Morgan fingerprint density at radius 2 is 2.06 bits per heavy atom. The third-order valence-corrected chi connectivity index (χ3v) is 2.65. The minimum absolute atomic E-state index is 0.355. The first-order valence-electron chi connectivity index (χ1n) is 5.80. The van der Waals surface area contributed by atoms with Crippen molar-refractivity contribution in [3.63, 3.8) is 0 Å². The number of hydrazine groups is 1. The van der Waals surface area contributed by atoms with Crippen molar-refractivity contribution in [1.82, 2.24) is 14.9 Å². The Hall–Kier alpha value is -1.44. The summed E-state index contributed by atoms with van der Waals surface area (Å²) in [6, 6.07) is 2.17. The fraction of sp³-hybridized carbons (Fsp3) is 0.636. The normalized spacial score (nSPS) is 12.6. The summed E-state index contributed by atoms with van der Waals surface area (Å²) in [7, 11) is 5.68. The maximum Gasteiger partial charge on any atom is 0.158 e. The number of likely N-dealkylation sites (N-methyl/N-ethyl adjacent to an activating group) is 1. The van der Waals surface area contributed by atoms with Crippen LogP contribution in [-0.4, -0.2) is 48.7 Å². The van der Waals surface area contributed by atoms with Gasteiger partial charge in [-0.2, -0.15) is 0 Å². The first kappa shape index (κ1) is 14.6. The second-order valence-corrected chi connectivity index (χ2v) is 4.33. The van der Waals surface area contributed by atoms with Gasteiger partial charge in [0.2, 0.25) is 0 Å². The number of aromatic nitrogens is 2. The molecule has 1 unspecified atom stereocenters. The maximum absolute atomic E-state index is 5.37. The molecule has 0 aromatic carbocycles. The summed E-state index contributed by atoms with van der Waals surface area (Å²) < 4.78 is 5.02. The molecule has 0 saturated heterocycles. The first-order valence-corrected chi connectivity index (χ1v) is 5.80. The highest BCUT2D eigenvalue weighted by molar-refractivity contribution is 5.46. The van der Waals surface area contributed by atoms with Gasteiger partial charge in [0.1, 0.15) is 18.2 Å². The number of nitrogens with zero attached hydrogens (tertiary/aromatic N) is 3. The predicted octanol–water partition coefficient (Wildman–Crippen LogP) is 0.271. The van der Waals surface area contributed by atoms with Crippen molar-refractivity contribution in [2.75, 3.05) is 38.5 Å². The van der Waals surface area contributed by atoms with E-state index in [2.05, 4.69) is 32.5 Å². The Morgan fingerprint density at radius 1 is 1.39 bits per heavy atom. The number of methoxy groups -OCH3 is 1. The van der Waals surface area contributed by atoms with Crippen LogP contribution in [0.25, 0.3) is 0 Å². The number of ether oxygens (including phenoxy) is 1. The Morgan fingerprint density at radius 3 is 2.61 bits per heavy atom. The predicted molar refractivity (Wildman–Crippen MR) is 72.2 cm³/mol. The summed E-state index contributed by atoms with van der Waals surface area (Å²) >= 11 is 0. The van der Waals surface area contributed by atoms with E-state index in [0.717, 1.165) is 12.4 Å². The molecule has 0 aliphatic carbocycles. The van der Waals surface area contributed by atoms with Crippen molar-refractivity contribution in [2.24, 2.45) is 5.84 Å². The lowest BCUT2D eigenvalue weighted by atomic mass is 10.3. The van der Waals surface area contributed by atoms with Crippen LogP contribution < -0.4 is 16.6 Å². The van der Waals surface area contributed by atoms with Gasteiger partial charge in [-0.25, -0.2) is 15.8 Å². The van der Waals surface area contributed by atoms with Crippen LogP contribution in [0, 0.1) is 0 Å². The molecule has 0 spiro atoms. The van der Waals surface area contributed by atoms with E-state index < -0.39 is 0 Å². The lowest BCUT2D eigenvalue weighted by Crippen LogP contribution is -2.31. The zero-order valence-corrected chi connectivity index (χ0v) is 11.4. The molecule has 7 nitrogen and oxygen atoms in total. The number of nitrogens with one attached hydrogen (secondary N) is 2. The van der Waals surface area contributed by atoms with Gasteiger partial charge in [0.05, 0.1) is 0 Å². The quantitative estimate of drug-likeness (QED) is 0.475. The molecule has 0 aliphatic rings. The molecule has 1 atom stereocenters. The van der Waals surface area contributed by atoms with E-state index in [9.17, 15) is 0 Å². The van der Waals surface area contributed by atoms with E-state index in [4.69, 9.17) is 10.6 Å². The number of anilines is 2. The number of rotatable bonds is 7. The molecule has 18 heavy (non-hydrogen) atoms. The third-order valence-electron chi connectivity index (χ3n) is 2.65. The molecule has 1 rings (SSSR count). The summed E-state index contributed by atoms with van der Waals surface area (Å²) in [5.74, 6) is 7.26. The zero-order valence-electron chi connectivity index (χ0n) is 11.4. The molecule has 0 amide bonds. The van der Waals surface area contributed by atoms with E-state index in [1.807, 2.05) is 14.1 Å². The van der Waals surface area contributed by atoms with Crippen molar-refractivity contribution >= 4 is 11.6 Å². The lowest BCUT2D eigenvalue weighted by Gasteiger charge is -2.20. The maximum atomic E-state index is 5.37. The van der Waals surface area contributed by atoms with Gasteiger partial charge in [-0.15, -0.1) is 0 Å². The molecule has 4 N–H and O–H groups in total. The topological polar surface area (TPSA) is 88.3 Å². The molecule has 0 aliphatic heterocycles. The van der Waals surface area contributed by atoms with Crippen LogP contribution in [0.4, 0.5) is 11.6 Å². The summed E-state index contributed by atoms with van der Waals surface area (Å²) in [6.07, 6.45) is 0. The van der Waals surface area contributed by atoms with Gasteiger partial charge in [-0.05, 0) is 21.0 Å². The minimum Gasteiger partial charge on any atom is -0.377 e. The van der Waals surface area contributed by atoms with Gasteiger partial charge in [-0.3, -0.25) is 0 Å². The molecule has 7 heteroatoms. The monoisotopic (exact) mass is 254 g/mol. The van der Waals surface area contributed by atoms with Crippen molar-refractivity contribution in [1.29, 1.82) is 0 Å².